The summed E-state index contributed by atoms with van der Waals surface area (Å²) in [6.07, 6.45) is 13.1. The Balaban J connectivity index is 0.00000243. The van der Waals surface area contributed by atoms with Crippen molar-refractivity contribution < 1.29 is 4.42 Å². The third kappa shape index (κ3) is 6.17. The molecule has 26 heavy (non-hydrogen) atoms. The molecule has 0 radical (unpaired) electrons. The van der Waals surface area contributed by atoms with Crippen LogP contribution in [0.15, 0.2) is 22.6 Å². The van der Waals surface area contributed by atoms with Crippen molar-refractivity contribution in [1.82, 2.24) is 10.3 Å². The van der Waals surface area contributed by atoms with Gasteiger partial charge in [0.15, 0.2) is 5.58 Å². The Morgan fingerprint density at radius 2 is 1.88 bits per heavy atom. The lowest BCUT2D eigenvalue weighted by Crippen LogP contribution is -2.22. The van der Waals surface area contributed by atoms with Crippen LogP contribution in [0.25, 0.3) is 11.1 Å². The quantitative estimate of drug-likeness (QED) is 0.491. The first-order valence-electron chi connectivity index (χ1n) is 10.2. The van der Waals surface area contributed by atoms with Gasteiger partial charge in [0, 0.05) is 12.6 Å². The largest absolute Gasteiger partial charge is 0.424 e. The lowest BCUT2D eigenvalue weighted by atomic mass is 10.0. The fraction of sp³-hybridized carbons (Fsp3) is 0.667. The summed E-state index contributed by atoms with van der Waals surface area (Å²) in [6.45, 7) is 4.33. The lowest BCUT2D eigenvalue weighted by molar-refractivity contribution is 0.576. The highest BCUT2D eigenvalue weighted by molar-refractivity contribution is 5.85. The standard InChI is InChI=1S/C21H33N3O.ClH/c1-2-3-4-5-6-7-8-9-11-17-12-10-13-19-20(17)24-21(25-19)23-18-14-15-22-16-18;/h10,12-13,18,22H,2-9,11,14-16H2,1H3,(H,23,24);1H/t18-;/m1./s1. The van der Waals surface area contributed by atoms with E-state index in [1.54, 1.807) is 0 Å². The third-order valence-corrected chi connectivity index (χ3v) is 5.19. The molecule has 0 unspecified atom stereocenters. The molecule has 1 fully saturated rings. The summed E-state index contributed by atoms with van der Waals surface area (Å²) in [5.74, 6) is 0. The average molecular weight is 380 g/mol. The molecular weight excluding hydrogens is 346 g/mol. The molecule has 2 heterocycles. The fourth-order valence-electron chi connectivity index (χ4n) is 3.67. The molecule has 0 spiro atoms. The molecule has 1 aromatic carbocycles. The Morgan fingerprint density at radius 3 is 2.62 bits per heavy atom. The molecule has 1 aromatic heterocycles. The van der Waals surface area contributed by atoms with Gasteiger partial charge in [-0.05, 0) is 37.4 Å². The molecule has 1 aliphatic heterocycles. The van der Waals surface area contributed by atoms with Gasteiger partial charge in [-0.3, -0.25) is 0 Å². The van der Waals surface area contributed by atoms with Crippen molar-refractivity contribution >= 4 is 29.5 Å². The summed E-state index contributed by atoms with van der Waals surface area (Å²) >= 11 is 0. The van der Waals surface area contributed by atoms with E-state index in [0.29, 0.717) is 12.1 Å². The predicted molar refractivity (Wildman–Crippen MR) is 112 cm³/mol. The minimum atomic E-state index is 0. The number of aryl methyl sites for hydroxylation is 1. The second kappa shape index (κ2) is 11.5. The van der Waals surface area contributed by atoms with E-state index in [1.165, 1.54) is 56.9 Å². The van der Waals surface area contributed by atoms with E-state index in [9.17, 15) is 0 Å². The van der Waals surface area contributed by atoms with Crippen LogP contribution < -0.4 is 10.6 Å². The Morgan fingerprint density at radius 1 is 1.12 bits per heavy atom. The van der Waals surface area contributed by atoms with Gasteiger partial charge >= 0.3 is 0 Å². The Kier molecular flexibility index (Phi) is 9.27. The van der Waals surface area contributed by atoms with Crippen LogP contribution >= 0.6 is 12.4 Å². The highest BCUT2D eigenvalue weighted by atomic mass is 35.5. The summed E-state index contributed by atoms with van der Waals surface area (Å²) in [6, 6.07) is 7.43. The van der Waals surface area contributed by atoms with E-state index < -0.39 is 0 Å². The topological polar surface area (TPSA) is 50.1 Å². The smallest absolute Gasteiger partial charge is 0.295 e. The molecule has 146 valence electrons. The van der Waals surface area contributed by atoms with E-state index in [1.807, 2.05) is 6.07 Å². The second-order valence-electron chi connectivity index (χ2n) is 7.34. The van der Waals surface area contributed by atoms with Crippen LogP contribution in [0.5, 0.6) is 0 Å². The van der Waals surface area contributed by atoms with Crippen LogP contribution in [0, 0.1) is 0 Å². The fourth-order valence-corrected chi connectivity index (χ4v) is 3.67. The van der Waals surface area contributed by atoms with Crippen molar-refractivity contribution in [2.24, 2.45) is 0 Å². The van der Waals surface area contributed by atoms with E-state index in [2.05, 4.69) is 29.7 Å². The first-order valence-corrected chi connectivity index (χ1v) is 10.2. The molecule has 3 rings (SSSR count). The number of nitrogens with one attached hydrogen (secondary N) is 2. The normalized spacial score (nSPS) is 16.7. The summed E-state index contributed by atoms with van der Waals surface area (Å²) in [4.78, 5) is 4.72. The van der Waals surface area contributed by atoms with Gasteiger partial charge in [0.25, 0.3) is 6.01 Å². The van der Waals surface area contributed by atoms with Crippen molar-refractivity contribution in [3.8, 4) is 0 Å². The molecule has 0 saturated carbocycles. The number of hydrogen-bond acceptors (Lipinski definition) is 4. The number of halogens is 1. The molecule has 2 aromatic rings. The maximum Gasteiger partial charge on any atom is 0.295 e. The Labute approximate surface area is 163 Å². The molecule has 1 atom stereocenters. The molecular formula is C21H34ClN3O. The van der Waals surface area contributed by atoms with Gasteiger partial charge in [0.1, 0.15) is 5.52 Å². The van der Waals surface area contributed by atoms with Gasteiger partial charge in [-0.15, -0.1) is 12.4 Å². The number of para-hydroxylation sites is 1. The van der Waals surface area contributed by atoms with E-state index in [4.69, 9.17) is 9.40 Å². The highest BCUT2D eigenvalue weighted by Crippen LogP contribution is 2.24. The number of aromatic nitrogens is 1. The minimum Gasteiger partial charge on any atom is -0.424 e. The second-order valence-corrected chi connectivity index (χ2v) is 7.34. The van der Waals surface area contributed by atoms with Gasteiger partial charge in [0.05, 0.1) is 0 Å². The maximum absolute atomic E-state index is 5.90. The number of benzene rings is 1. The zero-order valence-electron chi connectivity index (χ0n) is 16.1. The maximum atomic E-state index is 5.90. The van der Waals surface area contributed by atoms with Gasteiger partial charge < -0.3 is 15.1 Å². The summed E-state index contributed by atoms with van der Waals surface area (Å²) in [5.41, 5.74) is 3.27. The third-order valence-electron chi connectivity index (χ3n) is 5.19. The summed E-state index contributed by atoms with van der Waals surface area (Å²) < 4.78 is 5.90. The zero-order valence-corrected chi connectivity index (χ0v) is 16.9. The number of nitrogens with zero attached hydrogens (tertiary/aromatic N) is 1. The molecule has 1 saturated heterocycles. The SMILES string of the molecule is CCCCCCCCCCc1cccc2oc(N[C@@H]3CCNC3)nc12.Cl. The summed E-state index contributed by atoms with van der Waals surface area (Å²) in [5, 5.41) is 6.78. The van der Waals surface area contributed by atoms with Crippen LogP contribution in [0.1, 0.15) is 70.3 Å². The van der Waals surface area contributed by atoms with Gasteiger partial charge in [-0.2, -0.15) is 4.98 Å². The molecule has 0 aliphatic carbocycles. The molecule has 1 aliphatic rings. The summed E-state index contributed by atoms with van der Waals surface area (Å²) in [7, 11) is 0. The van der Waals surface area contributed by atoms with Crippen LogP contribution in [-0.4, -0.2) is 24.1 Å². The van der Waals surface area contributed by atoms with Crippen LogP contribution in [0.4, 0.5) is 6.01 Å². The number of hydrogen-bond donors (Lipinski definition) is 2. The minimum absolute atomic E-state index is 0. The molecule has 0 amide bonds. The van der Waals surface area contributed by atoms with Crippen molar-refractivity contribution in [1.29, 1.82) is 0 Å². The number of oxazole rings is 1. The van der Waals surface area contributed by atoms with Crippen molar-refractivity contribution in [3.05, 3.63) is 23.8 Å². The molecule has 4 nitrogen and oxygen atoms in total. The van der Waals surface area contributed by atoms with Gasteiger partial charge in [-0.1, -0.05) is 64.0 Å². The van der Waals surface area contributed by atoms with Crippen molar-refractivity contribution in [2.45, 2.75) is 77.2 Å². The van der Waals surface area contributed by atoms with Crippen molar-refractivity contribution in [2.75, 3.05) is 18.4 Å². The van der Waals surface area contributed by atoms with E-state index in [-0.39, 0.29) is 12.4 Å². The van der Waals surface area contributed by atoms with E-state index >= 15 is 0 Å². The Bertz CT molecular complexity index is 637. The first-order chi connectivity index (χ1) is 12.4. The van der Waals surface area contributed by atoms with Crippen LogP contribution in [0.3, 0.4) is 0 Å². The average Bonchev–Trinajstić information content (AvgIpc) is 3.27. The molecule has 0 bridgehead atoms. The number of anilines is 1. The zero-order chi connectivity index (χ0) is 17.3. The van der Waals surface area contributed by atoms with Crippen LogP contribution in [-0.2, 0) is 6.42 Å². The number of fused-ring (bicyclic) bond motifs is 1. The molecule has 2 N–H and O–H groups in total. The van der Waals surface area contributed by atoms with E-state index in [0.717, 1.165) is 37.0 Å². The molecule has 5 heteroatoms. The number of unbranched alkanes of at least 4 members (excludes halogenated alkanes) is 7. The van der Waals surface area contributed by atoms with Gasteiger partial charge in [0.2, 0.25) is 0 Å². The number of rotatable bonds is 11. The lowest BCUT2D eigenvalue weighted by Gasteiger charge is -2.07. The predicted octanol–water partition coefficient (Wildman–Crippen LogP) is 5.71. The first kappa shape index (κ1) is 21.0. The Hall–Kier alpha value is -1.26. The highest BCUT2D eigenvalue weighted by Gasteiger charge is 2.17. The van der Waals surface area contributed by atoms with Crippen molar-refractivity contribution in [3.63, 3.8) is 0 Å². The van der Waals surface area contributed by atoms with Gasteiger partial charge in [-0.25, -0.2) is 0 Å². The van der Waals surface area contributed by atoms with Crippen LogP contribution in [0.2, 0.25) is 0 Å². The monoisotopic (exact) mass is 379 g/mol.